The Kier molecular flexibility index (Phi) is 4.30. The molecule has 2 aliphatic carbocycles. The van der Waals surface area contributed by atoms with Crippen LogP contribution in [0.2, 0.25) is 0 Å². The number of hydrogen-bond donors (Lipinski definition) is 0. The van der Waals surface area contributed by atoms with Crippen molar-refractivity contribution in [1.82, 2.24) is 9.80 Å². The molecule has 1 aliphatic heterocycles. The van der Waals surface area contributed by atoms with Crippen LogP contribution in [0, 0.1) is 5.92 Å². The smallest absolute Gasteiger partial charge is 0.253 e. The lowest BCUT2D eigenvalue weighted by molar-refractivity contribution is -0.136. The van der Waals surface area contributed by atoms with Gasteiger partial charge in [-0.1, -0.05) is 18.9 Å². The van der Waals surface area contributed by atoms with Crippen molar-refractivity contribution in [2.75, 3.05) is 26.2 Å². The molecule has 0 radical (unpaired) electrons. The Balaban J connectivity index is 1.37. The van der Waals surface area contributed by atoms with Crippen LogP contribution in [-0.2, 0) is 17.6 Å². The summed E-state index contributed by atoms with van der Waals surface area (Å²) < 4.78 is 0. The minimum atomic E-state index is 0.123. The zero-order valence-corrected chi connectivity index (χ0v) is 14.3. The number of piperazine rings is 1. The number of amides is 2. The number of fused-ring (bicyclic) bond motifs is 1. The van der Waals surface area contributed by atoms with Gasteiger partial charge in [-0.2, -0.15) is 0 Å². The molecule has 0 bridgehead atoms. The molecule has 1 saturated heterocycles. The van der Waals surface area contributed by atoms with Crippen LogP contribution < -0.4 is 0 Å². The highest BCUT2D eigenvalue weighted by molar-refractivity contribution is 5.94. The summed E-state index contributed by atoms with van der Waals surface area (Å²) in [5.74, 6) is 0.679. The number of benzene rings is 1. The van der Waals surface area contributed by atoms with Crippen LogP contribution >= 0.6 is 0 Å². The van der Waals surface area contributed by atoms with Crippen LogP contribution in [0.5, 0.6) is 0 Å². The molecule has 4 rings (SSSR count). The van der Waals surface area contributed by atoms with Gasteiger partial charge in [0.25, 0.3) is 5.91 Å². The predicted molar refractivity (Wildman–Crippen MR) is 92.9 cm³/mol. The molecule has 128 valence electrons. The van der Waals surface area contributed by atoms with Crippen LogP contribution in [0.4, 0.5) is 0 Å². The summed E-state index contributed by atoms with van der Waals surface area (Å²) in [5.41, 5.74) is 3.56. The van der Waals surface area contributed by atoms with Gasteiger partial charge in [-0.05, 0) is 55.4 Å². The SMILES string of the molecule is O=C(c1ccc2c(c1)CCC2)N1CCN(C(=O)C2CCCC2)CC1. The number of hydrogen-bond acceptors (Lipinski definition) is 2. The zero-order chi connectivity index (χ0) is 16.5. The van der Waals surface area contributed by atoms with Gasteiger partial charge in [0.05, 0.1) is 0 Å². The second kappa shape index (κ2) is 6.58. The first kappa shape index (κ1) is 15.7. The van der Waals surface area contributed by atoms with Gasteiger partial charge in [-0.15, -0.1) is 0 Å². The second-order valence-electron chi connectivity index (χ2n) is 7.44. The Bertz CT molecular complexity index is 641. The van der Waals surface area contributed by atoms with Crippen LogP contribution in [0.25, 0.3) is 0 Å². The number of rotatable bonds is 2. The third kappa shape index (κ3) is 2.94. The van der Waals surface area contributed by atoms with Gasteiger partial charge in [0, 0.05) is 37.7 Å². The Morgan fingerprint density at radius 2 is 1.50 bits per heavy atom. The summed E-state index contributed by atoms with van der Waals surface area (Å²) in [7, 11) is 0. The summed E-state index contributed by atoms with van der Waals surface area (Å²) in [6.07, 6.45) is 7.92. The fraction of sp³-hybridized carbons (Fsp3) is 0.600. The van der Waals surface area contributed by atoms with E-state index in [2.05, 4.69) is 12.1 Å². The predicted octanol–water partition coefficient (Wildman–Crippen LogP) is 2.65. The minimum Gasteiger partial charge on any atom is -0.339 e. The van der Waals surface area contributed by atoms with E-state index in [-0.39, 0.29) is 11.8 Å². The number of nitrogens with zero attached hydrogens (tertiary/aromatic N) is 2. The van der Waals surface area contributed by atoms with Gasteiger partial charge in [0.2, 0.25) is 5.91 Å². The van der Waals surface area contributed by atoms with E-state index in [9.17, 15) is 9.59 Å². The van der Waals surface area contributed by atoms with Gasteiger partial charge in [0.1, 0.15) is 0 Å². The van der Waals surface area contributed by atoms with E-state index in [1.165, 1.54) is 30.4 Å². The van der Waals surface area contributed by atoms with E-state index in [1.807, 2.05) is 15.9 Å². The molecular weight excluding hydrogens is 300 g/mol. The monoisotopic (exact) mass is 326 g/mol. The average Bonchev–Trinajstić information content (AvgIpc) is 3.31. The second-order valence-corrected chi connectivity index (χ2v) is 7.44. The molecule has 2 amide bonds. The van der Waals surface area contributed by atoms with E-state index in [4.69, 9.17) is 0 Å². The van der Waals surface area contributed by atoms with Crippen molar-refractivity contribution in [3.8, 4) is 0 Å². The molecule has 1 heterocycles. The molecule has 0 N–H and O–H groups in total. The lowest BCUT2D eigenvalue weighted by Gasteiger charge is -2.36. The fourth-order valence-electron chi connectivity index (χ4n) is 4.45. The molecule has 2 fully saturated rings. The lowest BCUT2D eigenvalue weighted by atomic mass is 10.0. The van der Waals surface area contributed by atoms with E-state index in [1.54, 1.807) is 0 Å². The van der Waals surface area contributed by atoms with Gasteiger partial charge in [-0.25, -0.2) is 0 Å². The van der Waals surface area contributed by atoms with Crippen molar-refractivity contribution in [2.45, 2.75) is 44.9 Å². The Morgan fingerprint density at radius 1 is 0.833 bits per heavy atom. The van der Waals surface area contributed by atoms with Crippen molar-refractivity contribution in [3.05, 3.63) is 34.9 Å². The van der Waals surface area contributed by atoms with Crippen molar-refractivity contribution in [3.63, 3.8) is 0 Å². The van der Waals surface area contributed by atoms with E-state index >= 15 is 0 Å². The maximum absolute atomic E-state index is 12.8. The van der Waals surface area contributed by atoms with Crippen LogP contribution in [-0.4, -0.2) is 47.8 Å². The number of carbonyl (C=O) groups excluding carboxylic acids is 2. The van der Waals surface area contributed by atoms with Gasteiger partial charge in [-0.3, -0.25) is 9.59 Å². The molecule has 24 heavy (non-hydrogen) atoms. The molecule has 4 heteroatoms. The molecular formula is C20H26N2O2. The van der Waals surface area contributed by atoms with Crippen molar-refractivity contribution in [2.24, 2.45) is 5.92 Å². The van der Waals surface area contributed by atoms with Gasteiger partial charge in [0.15, 0.2) is 0 Å². The lowest BCUT2D eigenvalue weighted by Crippen LogP contribution is -2.51. The first-order valence-electron chi connectivity index (χ1n) is 9.42. The Morgan fingerprint density at radius 3 is 2.25 bits per heavy atom. The maximum Gasteiger partial charge on any atom is 0.253 e. The van der Waals surface area contributed by atoms with E-state index in [0.29, 0.717) is 32.1 Å². The van der Waals surface area contributed by atoms with E-state index in [0.717, 1.165) is 31.2 Å². The zero-order valence-electron chi connectivity index (χ0n) is 14.3. The van der Waals surface area contributed by atoms with Crippen LogP contribution in [0.15, 0.2) is 18.2 Å². The highest BCUT2D eigenvalue weighted by Crippen LogP contribution is 2.27. The Hall–Kier alpha value is -1.84. The average molecular weight is 326 g/mol. The highest BCUT2D eigenvalue weighted by Gasteiger charge is 2.30. The normalized spacial score (nSPS) is 21.2. The van der Waals surface area contributed by atoms with E-state index < -0.39 is 0 Å². The summed E-state index contributed by atoms with van der Waals surface area (Å²) >= 11 is 0. The van der Waals surface area contributed by atoms with Crippen LogP contribution in [0.1, 0.15) is 53.6 Å². The van der Waals surface area contributed by atoms with Crippen LogP contribution in [0.3, 0.4) is 0 Å². The van der Waals surface area contributed by atoms with Crippen molar-refractivity contribution in [1.29, 1.82) is 0 Å². The minimum absolute atomic E-state index is 0.123. The standard InChI is InChI=1S/C20H26N2O2/c23-19(16-4-1-2-5-16)21-10-12-22(13-11-21)20(24)18-9-8-15-6-3-7-17(15)14-18/h8-9,14,16H,1-7,10-13H2. The van der Waals surface area contributed by atoms with Crippen molar-refractivity contribution >= 4 is 11.8 Å². The highest BCUT2D eigenvalue weighted by atomic mass is 16.2. The van der Waals surface area contributed by atoms with Gasteiger partial charge >= 0.3 is 0 Å². The molecule has 0 atom stereocenters. The third-order valence-electron chi connectivity index (χ3n) is 5.93. The fourth-order valence-corrected chi connectivity index (χ4v) is 4.45. The first-order valence-corrected chi connectivity index (χ1v) is 9.42. The molecule has 4 nitrogen and oxygen atoms in total. The summed E-state index contributed by atoms with van der Waals surface area (Å²) in [6, 6.07) is 6.18. The summed E-state index contributed by atoms with van der Waals surface area (Å²) in [6.45, 7) is 2.70. The number of carbonyl (C=O) groups is 2. The third-order valence-corrected chi connectivity index (χ3v) is 5.93. The first-order chi connectivity index (χ1) is 11.7. The molecule has 0 aromatic heterocycles. The Labute approximate surface area is 143 Å². The molecule has 0 unspecified atom stereocenters. The maximum atomic E-state index is 12.8. The molecule has 3 aliphatic rings. The molecule has 1 saturated carbocycles. The molecule has 1 aromatic rings. The molecule has 1 aromatic carbocycles. The largest absolute Gasteiger partial charge is 0.339 e. The van der Waals surface area contributed by atoms with Crippen molar-refractivity contribution < 1.29 is 9.59 Å². The topological polar surface area (TPSA) is 40.6 Å². The summed E-state index contributed by atoms with van der Waals surface area (Å²) in [5, 5.41) is 0. The quantitative estimate of drug-likeness (QED) is 0.838. The number of aryl methyl sites for hydroxylation is 2. The summed E-state index contributed by atoms with van der Waals surface area (Å²) in [4.78, 5) is 29.1. The molecule has 0 spiro atoms. The van der Waals surface area contributed by atoms with Gasteiger partial charge < -0.3 is 9.80 Å².